The topological polar surface area (TPSA) is 52.6 Å². The van der Waals surface area contributed by atoms with Gasteiger partial charge in [0.1, 0.15) is 0 Å². The van der Waals surface area contributed by atoms with Gasteiger partial charge in [0.25, 0.3) is 5.91 Å². The highest BCUT2D eigenvalue weighted by Gasteiger charge is 2.66. The highest BCUT2D eigenvalue weighted by atomic mass is 35.5. The van der Waals surface area contributed by atoms with Crippen molar-refractivity contribution in [3.8, 4) is 0 Å². The van der Waals surface area contributed by atoms with Gasteiger partial charge >= 0.3 is 0 Å². The van der Waals surface area contributed by atoms with E-state index in [2.05, 4.69) is 5.32 Å². The van der Waals surface area contributed by atoms with Crippen LogP contribution in [0.25, 0.3) is 0 Å². The van der Waals surface area contributed by atoms with Crippen LogP contribution < -0.4 is 5.32 Å². The molecule has 0 radical (unpaired) electrons. The molecular formula is C17H21ClN2O2. The first-order chi connectivity index (χ1) is 10.5. The zero-order valence-corrected chi connectivity index (χ0v) is 13.5. The fourth-order valence-corrected chi connectivity index (χ4v) is 4.58. The molecule has 0 aromatic heterocycles. The summed E-state index contributed by atoms with van der Waals surface area (Å²) in [6, 6.07) is 5.76. The Morgan fingerprint density at radius 1 is 1.32 bits per heavy atom. The smallest absolute Gasteiger partial charge is 0.277 e. The number of hydrogen-bond donors (Lipinski definition) is 2. The average molecular weight is 321 g/mol. The van der Waals surface area contributed by atoms with Crippen LogP contribution in [0.4, 0.5) is 5.69 Å². The standard InChI is InChI=1S/C17H21ClN2O2/c1-16-10-20(12-5-3-2-4-6-12)15(21)17(16,22)19-14-8-7-11(18)9-13(14)16/h7-9,12,19,22H,2-6,10H2,1H3/t16-,17-/m1/s1. The first-order valence-electron chi connectivity index (χ1n) is 8.07. The lowest BCUT2D eigenvalue weighted by Crippen LogP contribution is -2.53. The number of nitrogens with zero attached hydrogens (tertiary/aromatic N) is 1. The molecular weight excluding hydrogens is 300 g/mol. The van der Waals surface area contributed by atoms with E-state index in [1.165, 1.54) is 19.3 Å². The molecule has 2 aliphatic heterocycles. The first kappa shape index (κ1) is 14.3. The molecule has 2 atom stereocenters. The first-order valence-corrected chi connectivity index (χ1v) is 8.45. The van der Waals surface area contributed by atoms with Crippen LogP contribution in [0.1, 0.15) is 44.6 Å². The van der Waals surface area contributed by atoms with Crippen LogP contribution in [0, 0.1) is 0 Å². The average Bonchev–Trinajstić information content (AvgIpc) is 2.86. The van der Waals surface area contributed by atoms with E-state index in [1.54, 1.807) is 6.07 Å². The van der Waals surface area contributed by atoms with Gasteiger partial charge in [0, 0.05) is 23.3 Å². The molecule has 22 heavy (non-hydrogen) atoms. The molecule has 3 aliphatic rings. The van der Waals surface area contributed by atoms with Crippen LogP contribution in [0.5, 0.6) is 0 Å². The van der Waals surface area contributed by atoms with E-state index in [4.69, 9.17) is 11.6 Å². The van der Waals surface area contributed by atoms with Crippen molar-refractivity contribution < 1.29 is 9.90 Å². The van der Waals surface area contributed by atoms with Gasteiger partial charge in [-0.2, -0.15) is 0 Å². The quantitative estimate of drug-likeness (QED) is 0.836. The van der Waals surface area contributed by atoms with Crippen LogP contribution in [-0.4, -0.2) is 34.2 Å². The van der Waals surface area contributed by atoms with Crippen molar-refractivity contribution in [3.63, 3.8) is 0 Å². The molecule has 2 fully saturated rings. The summed E-state index contributed by atoms with van der Waals surface area (Å²) in [6.07, 6.45) is 5.66. The Balaban J connectivity index is 1.74. The van der Waals surface area contributed by atoms with Crippen LogP contribution in [0.3, 0.4) is 0 Å². The van der Waals surface area contributed by atoms with Crippen LogP contribution in [-0.2, 0) is 10.2 Å². The number of fused-ring (bicyclic) bond motifs is 3. The zero-order valence-electron chi connectivity index (χ0n) is 12.7. The molecule has 4 nitrogen and oxygen atoms in total. The van der Waals surface area contributed by atoms with E-state index in [1.807, 2.05) is 24.0 Å². The molecule has 1 saturated heterocycles. The molecule has 5 heteroatoms. The van der Waals surface area contributed by atoms with Crippen molar-refractivity contribution in [2.24, 2.45) is 0 Å². The summed E-state index contributed by atoms with van der Waals surface area (Å²) in [5, 5.41) is 14.8. The number of carbonyl (C=O) groups excluding carboxylic acids is 1. The Morgan fingerprint density at radius 3 is 2.77 bits per heavy atom. The molecule has 1 saturated carbocycles. The maximum Gasteiger partial charge on any atom is 0.277 e. The minimum atomic E-state index is -1.54. The van der Waals surface area contributed by atoms with Gasteiger partial charge in [-0.1, -0.05) is 30.9 Å². The van der Waals surface area contributed by atoms with Crippen molar-refractivity contribution in [2.75, 3.05) is 11.9 Å². The van der Waals surface area contributed by atoms with Gasteiger partial charge in [-0.25, -0.2) is 0 Å². The lowest BCUT2D eigenvalue weighted by molar-refractivity contribution is -0.144. The van der Waals surface area contributed by atoms with Crippen molar-refractivity contribution in [3.05, 3.63) is 28.8 Å². The summed E-state index contributed by atoms with van der Waals surface area (Å²) >= 11 is 6.13. The summed E-state index contributed by atoms with van der Waals surface area (Å²) in [5.41, 5.74) is -0.445. The van der Waals surface area contributed by atoms with Gasteiger partial charge in [-0.05, 0) is 43.5 Å². The minimum Gasteiger partial charge on any atom is -0.362 e. The summed E-state index contributed by atoms with van der Waals surface area (Å²) in [5.74, 6) is -0.186. The van der Waals surface area contributed by atoms with Gasteiger partial charge < -0.3 is 15.3 Å². The fourth-order valence-electron chi connectivity index (χ4n) is 4.41. The van der Waals surface area contributed by atoms with E-state index in [9.17, 15) is 9.90 Å². The predicted molar refractivity (Wildman–Crippen MR) is 86.0 cm³/mol. The number of halogens is 1. The van der Waals surface area contributed by atoms with Crippen molar-refractivity contribution in [1.82, 2.24) is 4.90 Å². The van der Waals surface area contributed by atoms with Gasteiger partial charge in [0.05, 0.1) is 5.41 Å². The number of rotatable bonds is 1. The number of anilines is 1. The second-order valence-corrected chi connectivity index (χ2v) is 7.52. The maximum atomic E-state index is 12.9. The van der Waals surface area contributed by atoms with Crippen LogP contribution in [0.2, 0.25) is 5.02 Å². The Bertz CT molecular complexity index is 644. The molecule has 0 unspecified atom stereocenters. The van der Waals surface area contributed by atoms with Crippen molar-refractivity contribution in [1.29, 1.82) is 0 Å². The number of nitrogens with one attached hydrogen (secondary N) is 1. The Kier molecular flexibility index (Phi) is 3.01. The minimum absolute atomic E-state index is 0.186. The molecule has 1 aliphatic carbocycles. The SMILES string of the molecule is C[C@]12CN(C3CCCCC3)C(=O)[C@]1(O)Nc1ccc(Cl)cc12. The van der Waals surface area contributed by atoms with Gasteiger partial charge in [-0.3, -0.25) is 4.79 Å². The summed E-state index contributed by atoms with van der Waals surface area (Å²) in [7, 11) is 0. The predicted octanol–water partition coefficient (Wildman–Crippen LogP) is 2.89. The Hall–Kier alpha value is -1.26. The third kappa shape index (κ3) is 1.71. The van der Waals surface area contributed by atoms with E-state index < -0.39 is 11.1 Å². The third-order valence-corrected chi connectivity index (χ3v) is 6.00. The molecule has 0 spiro atoms. The fraction of sp³-hybridized carbons (Fsp3) is 0.588. The second-order valence-electron chi connectivity index (χ2n) is 7.08. The molecule has 2 N–H and O–H groups in total. The molecule has 0 bridgehead atoms. The summed E-state index contributed by atoms with van der Waals surface area (Å²) < 4.78 is 0. The lowest BCUT2D eigenvalue weighted by Gasteiger charge is -2.32. The molecule has 118 valence electrons. The highest BCUT2D eigenvalue weighted by molar-refractivity contribution is 6.30. The number of aliphatic hydroxyl groups is 1. The number of benzene rings is 1. The molecule has 4 rings (SSSR count). The van der Waals surface area contributed by atoms with E-state index >= 15 is 0 Å². The number of likely N-dealkylation sites (tertiary alicyclic amines) is 1. The van der Waals surface area contributed by atoms with Crippen LogP contribution >= 0.6 is 11.6 Å². The zero-order chi connectivity index (χ0) is 15.5. The van der Waals surface area contributed by atoms with E-state index in [0.717, 1.165) is 24.1 Å². The van der Waals surface area contributed by atoms with E-state index in [0.29, 0.717) is 11.6 Å². The molecule has 1 aromatic carbocycles. The highest BCUT2D eigenvalue weighted by Crippen LogP contribution is 2.52. The van der Waals surface area contributed by atoms with Crippen molar-refractivity contribution >= 4 is 23.2 Å². The molecule has 1 amide bonds. The Labute approximate surface area is 135 Å². The monoisotopic (exact) mass is 320 g/mol. The lowest BCUT2D eigenvalue weighted by atomic mass is 9.78. The second kappa shape index (κ2) is 4.62. The van der Waals surface area contributed by atoms with Gasteiger partial charge in [0.2, 0.25) is 5.72 Å². The van der Waals surface area contributed by atoms with Crippen molar-refractivity contribution in [2.45, 2.75) is 56.2 Å². The Morgan fingerprint density at radius 2 is 2.05 bits per heavy atom. The largest absolute Gasteiger partial charge is 0.362 e. The maximum absolute atomic E-state index is 12.9. The van der Waals surface area contributed by atoms with Crippen LogP contribution in [0.15, 0.2) is 18.2 Å². The number of hydrogen-bond acceptors (Lipinski definition) is 3. The number of carbonyl (C=O) groups is 1. The number of amides is 1. The van der Waals surface area contributed by atoms with E-state index in [-0.39, 0.29) is 11.9 Å². The van der Waals surface area contributed by atoms with Gasteiger partial charge in [-0.15, -0.1) is 0 Å². The summed E-state index contributed by atoms with van der Waals surface area (Å²) in [4.78, 5) is 14.8. The summed E-state index contributed by atoms with van der Waals surface area (Å²) in [6.45, 7) is 2.51. The molecule has 2 heterocycles. The third-order valence-electron chi connectivity index (χ3n) is 5.76. The van der Waals surface area contributed by atoms with Gasteiger partial charge in [0.15, 0.2) is 0 Å². The molecule has 1 aromatic rings. The normalized spacial score (nSPS) is 34.5.